The summed E-state index contributed by atoms with van der Waals surface area (Å²) in [5, 5.41) is 7.13. The molecule has 0 bridgehead atoms. The molecule has 0 fully saturated rings. The molecule has 0 saturated carbocycles. The van der Waals surface area contributed by atoms with Crippen molar-refractivity contribution >= 4 is 33.8 Å². The van der Waals surface area contributed by atoms with E-state index >= 15 is 0 Å². The molecule has 0 saturated heterocycles. The van der Waals surface area contributed by atoms with Gasteiger partial charge in [0.25, 0.3) is 0 Å². The standard InChI is InChI=1S/C9H9NOS2/c11-4-3-6-1-2-8-7(5-6)10-9(12)13-8/h1-2,5,11H,3-4H2,(H,10,12)/p+1. The van der Waals surface area contributed by atoms with Crippen LogP contribution in [0.2, 0.25) is 0 Å². The highest BCUT2D eigenvalue weighted by Gasteiger charge is 1.99. The quantitative estimate of drug-likeness (QED) is 0.601. The van der Waals surface area contributed by atoms with Crippen LogP contribution in [0, 0.1) is 3.95 Å². The van der Waals surface area contributed by atoms with Crippen molar-refractivity contribution in [2.45, 2.75) is 6.42 Å². The van der Waals surface area contributed by atoms with E-state index in [0.29, 0.717) is 6.61 Å². The first kappa shape index (κ1) is 8.87. The smallest absolute Gasteiger partial charge is 0.159 e. The molecule has 0 radical (unpaired) electrons. The average Bonchev–Trinajstić information content (AvgIpc) is 2.44. The lowest BCUT2D eigenvalue weighted by Gasteiger charge is -1.95. The summed E-state index contributed by atoms with van der Waals surface area (Å²) in [7, 11) is 0. The van der Waals surface area contributed by atoms with Crippen LogP contribution in [0.4, 0.5) is 0 Å². The van der Waals surface area contributed by atoms with Crippen molar-refractivity contribution in [2.75, 3.05) is 6.61 Å². The first-order valence-electron chi connectivity index (χ1n) is 4.06. The van der Waals surface area contributed by atoms with Crippen molar-refractivity contribution in [1.29, 1.82) is 0 Å². The molecule has 1 heterocycles. The van der Waals surface area contributed by atoms with Crippen LogP contribution in [-0.4, -0.2) is 16.7 Å². The van der Waals surface area contributed by atoms with Crippen LogP contribution in [0.1, 0.15) is 5.56 Å². The average molecular weight is 212 g/mol. The molecule has 2 aromatic rings. The Balaban J connectivity index is 2.54. The minimum absolute atomic E-state index is 0.441. The Morgan fingerprint density at radius 3 is 3.08 bits per heavy atom. The second-order valence-electron chi connectivity index (χ2n) is 2.85. The summed E-state index contributed by atoms with van der Waals surface area (Å²) in [5.74, 6) is 0. The summed E-state index contributed by atoms with van der Waals surface area (Å²) in [6, 6.07) is 6.21. The topological polar surface area (TPSA) is 38.7 Å². The molecular weight excluding hydrogens is 202 g/mol. The van der Waals surface area contributed by atoms with Crippen molar-refractivity contribution in [3.63, 3.8) is 0 Å². The molecule has 0 aliphatic heterocycles. The highest BCUT2D eigenvalue weighted by atomic mass is 32.1. The van der Waals surface area contributed by atoms with Crippen LogP contribution in [0.3, 0.4) is 0 Å². The maximum absolute atomic E-state index is 7.13. The first-order chi connectivity index (χ1) is 6.29. The van der Waals surface area contributed by atoms with Crippen LogP contribution in [0.15, 0.2) is 18.2 Å². The van der Waals surface area contributed by atoms with Crippen molar-refractivity contribution < 1.29 is 5.11 Å². The molecule has 2 nitrogen and oxygen atoms in total. The minimum atomic E-state index is 0.441. The highest BCUT2D eigenvalue weighted by Crippen LogP contribution is 2.20. The van der Waals surface area contributed by atoms with Gasteiger partial charge in [-0.15, -0.1) is 11.3 Å². The Labute approximate surface area is 84.9 Å². The van der Waals surface area contributed by atoms with Crippen LogP contribution in [0.25, 0.3) is 10.2 Å². The number of nitrogens with one attached hydrogen (secondary N) is 1. The number of aromatic amines is 1. The van der Waals surface area contributed by atoms with Gasteiger partial charge in [-0.05, 0) is 29.9 Å². The molecule has 0 aliphatic carbocycles. The molecule has 0 atom stereocenters. The number of hydrogen-bond donors (Lipinski definition) is 1. The predicted octanol–water partition coefficient (Wildman–Crippen LogP) is 2.23. The Morgan fingerprint density at radius 2 is 2.31 bits per heavy atom. The van der Waals surface area contributed by atoms with E-state index in [1.54, 1.807) is 11.3 Å². The zero-order valence-electron chi connectivity index (χ0n) is 6.96. The van der Waals surface area contributed by atoms with Crippen molar-refractivity contribution in [3.8, 4) is 0 Å². The third-order valence-electron chi connectivity index (χ3n) is 1.90. The molecule has 13 heavy (non-hydrogen) atoms. The van der Waals surface area contributed by atoms with E-state index in [2.05, 4.69) is 23.2 Å². The van der Waals surface area contributed by atoms with E-state index in [9.17, 15) is 0 Å². The van der Waals surface area contributed by atoms with Gasteiger partial charge in [0, 0.05) is 6.42 Å². The molecule has 0 unspecified atom stereocenters. The molecule has 0 spiro atoms. The summed E-state index contributed by atoms with van der Waals surface area (Å²) in [6.07, 6.45) is 0.812. The highest BCUT2D eigenvalue weighted by molar-refractivity contribution is 7.73. The van der Waals surface area contributed by atoms with Gasteiger partial charge in [0.2, 0.25) is 0 Å². The fraction of sp³-hybridized carbons (Fsp3) is 0.222. The van der Waals surface area contributed by atoms with E-state index in [1.165, 1.54) is 10.3 Å². The number of benzene rings is 1. The molecule has 4 heteroatoms. The van der Waals surface area contributed by atoms with Crippen molar-refractivity contribution in [1.82, 2.24) is 4.98 Å². The summed E-state index contributed by atoms with van der Waals surface area (Å²) in [5.41, 5.74) is 2.30. The van der Waals surface area contributed by atoms with Crippen LogP contribution in [0.5, 0.6) is 0 Å². The van der Waals surface area contributed by atoms with E-state index in [-0.39, 0.29) is 0 Å². The minimum Gasteiger partial charge on any atom is -0.445 e. The fourth-order valence-electron chi connectivity index (χ4n) is 1.30. The second kappa shape index (κ2) is 3.57. The molecule has 68 valence electrons. The summed E-state index contributed by atoms with van der Waals surface area (Å²) in [6.45, 7) is 0.441. The first-order valence-corrected chi connectivity index (χ1v) is 5.28. The normalized spacial score (nSPS) is 10.8. The van der Waals surface area contributed by atoms with Gasteiger partial charge in [0.15, 0.2) is 3.95 Å². The Morgan fingerprint density at radius 1 is 1.46 bits per heavy atom. The maximum atomic E-state index is 7.13. The van der Waals surface area contributed by atoms with Crippen LogP contribution in [-0.2, 0) is 6.42 Å². The molecule has 0 aliphatic rings. The van der Waals surface area contributed by atoms with E-state index in [4.69, 9.17) is 17.3 Å². The lowest BCUT2D eigenvalue weighted by molar-refractivity contribution is 0.299. The van der Waals surface area contributed by atoms with Crippen molar-refractivity contribution in [2.24, 2.45) is 0 Å². The predicted molar refractivity (Wildman–Crippen MR) is 59.2 cm³/mol. The molecule has 1 aromatic heterocycles. The van der Waals surface area contributed by atoms with E-state index in [1.807, 2.05) is 0 Å². The Hall–Kier alpha value is -0.710. The van der Waals surface area contributed by atoms with Gasteiger partial charge >= 0.3 is 0 Å². The monoisotopic (exact) mass is 212 g/mol. The van der Waals surface area contributed by atoms with Gasteiger partial charge in [-0.3, -0.25) is 0 Å². The zero-order valence-corrected chi connectivity index (χ0v) is 8.60. The molecule has 3 N–H and O–H groups in total. The SMILES string of the molecule is [OH2+]CCc1ccc2sc(=S)[nH]c2c1. The third kappa shape index (κ3) is 1.80. The third-order valence-corrected chi connectivity index (χ3v) is 3.11. The number of thiazole rings is 1. The fourth-order valence-corrected chi connectivity index (χ4v) is 2.40. The summed E-state index contributed by atoms with van der Waals surface area (Å²) in [4.78, 5) is 3.13. The largest absolute Gasteiger partial charge is 0.445 e. The Bertz CT molecular complexity index is 472. The van der Waals surface area contributed by atoms with Gasteiger partial charge < -0.3 is 10.1 Å². The van der Waals surface area contributed by atoms with E-state index < -0.39 is 0 Å². The van der Waals surface area contributed by atoms with E-state index in [0.717, 1.165) is 15.9 Å². The summed E-state index contributed by atoms with van der Waals surface area (Å²) < 4.78 is 2.01. The lowest BCUT2D eigenvalue weighted by Crippen LogP contribution is -1.89. The number of H-pyrrole nitrogens is 1. The molecule has 1 aromatic carbocycles. The van der Waals surface area contributed by atoms with Gasteiger partial charge in [-0.2, -0.15) is 0 Å². The zero-order chi connectivity index (χ0) is 9.26. The lowest BCUT2D eigenvalue weighted by atomic mass is 10.1. The number of aromatic nitrogens is 1. The van der Waals surface area contributed by atoms with Crippen LogP contribution < -0.4 is 0 Å². The van der Waals surface area contributed by atoms with Crippen molar-refractivity contribution in [3.05, 3.63) is 27.7 Å². The summed E-state index contributed by atoms with van der Waals surface area (Å²) >= 11 is 6.64. The molecule has 0 amide bonds. The number of rotatable bonds is 2. The number of fused-ring (bicyclic) bond motifs is 1. The van der Waals surface area contributed by atoms with Gasteiger partial charge in [0.05, 0.1) is 10.2 Å². The van der Waals surface area contributed by atoms with Gasteiger partial charge in [-0.1, -0.05) is 6.07 Å². The maximum Gasteiger partial charge on any atom is 0.159 e. The molecule has 2 rings (SSSR count). The second-order valence-corrected chi connectivity index (χ2v) is 4.56. The van der Waals surface area contributed by atoms with Crippen LogP contribution >= 0.6 is 23.6 Å². The van der Waals surface area contributed by atoms with Gasteiger partial charge in [-0.25, -0.2) is 0 Å². The van der Waals surface area contributed by atoms with Gasteiger partial charge in [0.1, 0.15) is 6.61 Å². The Kier molecular flexibility index (Phi) is 2.44. The number of hydrogen-bond acceptors (Lipinski definition) is 2. The molecular formula is C9H10NOS2+.